The van der Waals surface area contributed by atoms with Crippen LogP contribution in [0.15, 0.2) is 127 Å². The number of hydrogen-bond acceptors (Lipinski definition) is 6. The van der Waals surface area contributed by atoms with Gasteiger partial charge in [0.05, 0.1) is 47.4 Å². The minimum atomic E-state index is -2.05. The normalized spacial score (nSPS) is 20.1. The van der Waals surface area contributed by atoms with Crippen molar-refractivity contribution in [2.45, 2.75) is 44.4 Å². The summed E-state index contributed by atoms with van der Waals surface area (Å²) >= 11 is 0. The van der Waals surface area contributed by atoms with Crippen LogP contribution in [0.25, 0.3) is 21.5 Å². The number of rotatable bonds is 9. The SMILES string of the molecule is C[C@H](/C=C/CC(=O)N1CCC[C@H]1CO)[C@@]1(O)C(=O)N(Cc2cccc(N3C(=O)c4cccc5cccc3c45)c2)c2ccc(N3C(=O)c4cccc5cccc3c45)cc21. The van der Waals surface area contributed by atoms with Gasteiger partial charge in [0.25, 0.3) is 17.7 Å². The standard InChI is InChI=1S/C48H40N4O6/c1-29(9-2-21-42(54)49-24-8-16-35(49)28-53)48(58)38-26-34(52-41-20-7-14-32-12-5-18-37(44(32)41)46(52)56)22-23-39(38)50(47(48)57)27-30-10-3-15-33(25-30)51-40-19-6-13-31-11-4-17-36(43(31)40)45(51)55/h2-7,9-15,17-20,22-23,25-26,29,35,53,58H,8,16,21,24,27-28H2,1H3/b9-2+/t29-,35+,48+/m1/s1. The molecule has 288 valence electrons. The van der Waals surface area contributed by atoms with E-state index in [0.717, 1.165) is 51.3 Å². The van der Waals surface area contributed by atoms with E-state index in [-0.39, 0.29) is 43.3 Å². The van der Waals surface area contributed by atoms with Gasteiger partial charge in [-0.2, -0.15) is 0 Å². The Hall–Kier alpha value is -6.62. The van der Waals surface area contributed by atoms with Gasteiger partial charge in [-0.25, -0.2) is 0 Å². The number of amides is 4. The second kappa shape index (κ2) is 13.5. The van der Waals surface area contributed by atoms with Crippen molar-refractivity contribution in [1.29, 1.82) is 0 Å². The number of carbonyl (C=O) groups is 4. The number of fused-ring (bicyclic) bond motifs is 1. The van der Waals surface area contributed by atoms with Crippen molar-refractivity contribution < 1.29 is 29.4 Å². The van der Waals surface area contributed by atoms with Crippen molar-refractivity contribution >= 4 is 73.6 Å². The van der Waals surface area contributed by atoms with E-state index in [2.05, 4.69) is 0 Å². The van der Waals surface area contributed by atoms with Crippen LogP contribution in [0.2, 0.25) is 0 Å². The number of aliphatic hydroxyl groups excluding tert-OH is 1. The fraction of sp³-hybridized carbons (Fsp3) is 0.208. The molecule has 4 aliphatic heterocycles. The van der Waals surface area contributed by atoms with Gasteiger partial charge in [-0.3, -0.25) is 29.0 Å². The summed E-state index contributed by atoms with van der Waals surface area (Å²) in [4.78, 5) is 62.3. The number of aliphatic hydroxyl groups is 2. The molecule has 4 amide bonds. The van der Waals surface area contributed by atoms with Crippen LogP contribution in [0, 0.1) is 5.92 Å². The van der Waals surface area contributed by atoms with Crippen LogP contribution in [-0.2, 0) is 21.7 Å². The quantitative estimate of drug-likeness (QED) is 0.145. The monoisotopic (exact) mass is 768 g/mol. The molecule has 10 heteroatoms. The minimum absolute atomic E-state index is 0.0614. The first-order valence-electron chi connectivity index (χ1n) is 19.8. The molecule has 2 N–H and O–H groups in total. The Balaban J connectivity index is 1.01. The van der Waals surface area contributed by atoms with E-state index in [4.69, 9.17) is 0 Å². The first-order chi connectivity index (χ1) is 28.2. The first kappa shape index (κ1) is 35.8. The number of carbonyl (C=O) groups excluding carboxylic acids is 4. The molecular weight excluding hydrogens is 729 g/mol. The lowest BCUT2D eigenvalue weighted by Crippen LogP contribution is -2.44. The zero-order chi connectivity index (χ0) is 39.9. The van der Waals surface area contributed by atoms with E-state index in [9.17, 15) is 29.4 Å². The van der Waals surface area contributed by atoms with Crippen molar-refractivity contribution in [3.05, 3.63) is 150 Å². The molecule has 4 heterocycles. The number of benzene rings is 6. The molecule has 0 aliphatic carbocycles. The van der Waals surface area contributed by atoms with Crippen molar-refractivity contribution in [2.24, 2.45) is 5.92 Å². The van der Waals surface area contributed by atoms with Crippen molar-refractivity contribution in [3.8, 4) is 0 Å². The first-order valence-corrected chi connectivity index (χ1v) is 19.8. The summed E-state index contributed by atoms with van der Waals surface area (Å²) in [5.41, 5.74) is 3.46. The zero-order valence-electron chi connectivity index (χ0n) is 31.8. The molecule has 6 aromatic rings. The van der Waals surface area contributed by atoms with E-state index < -0.39 is 17.4 Å². The van der Waals surface area contributed by atoms with E-state index in [1.165, 1.54) is 0 Å². The molecule has 1 saturated heterocycles. The van der Waals surface area contributed by atoms with E-state index in [1.54, 1.807) is 56.9 Å². The second-order valence-electron chi connectivity index (χ2n) is 15.7. The van der Waals surface area contributed by atoms with Gasteiger partial charge in [0.15, 0.2) is 5.60 Å². The minimum Gasteiger partial charge on any atom is -0.394 e. The van der Waals surface area contributed by atoms with Crippen molar-refractivity contribution in [1.82, 2.24) is 4.90 Å². The lowest BCUT2D eigenvalue weighted by Gasteiger charge is -2.28. The smallest absolute Gasteiger partial charge is 0.264 e. The third-order valence-electron chi connectivity index (χ3n) is 12.4. The number of likely N-dealkylation sites (tertiary alicyclic amines) is 1. The highest BCUT2D eigenvalue weighted by Crippen LogP contribution is 2.50. The Kier molecular flexibility index (Phi) is 8.33. The van der Waals surface area contributed by atoms with Crippen LogP contribution in [0.5, 0.6) is 0 Å². The Morgan fingerprint density at radius 3 is 2.02 bits per heavy atom. The van der Waals surface area contributed by atoms with Crippen LogP contribution in [0.4, 0.5) is 28.4 Å². The molecule has 0 unspecified atom stereocenters. The highest BCUT2D eigenvalue weighted by molar-refractivity contribution is 6.29. The summed E-state index contributed by atoms with van der Waals surface area (Å²) < 4.78 is 0. The van der Waals surface area contributed by atoms with E-state index >= 15 is 0 Å². The Labute approximate surface area is 334 Å². The molecular formula is C48H40N4O6. The Morgan fingerprint density at radius 1 is 0.776 bits per heavy atom. The molecule has 6 aromatic carbocycles. The van der Waals surface area contributed by atoms with Gasteiger partial charge < -0.3 is 20.0 Å². The van der Waals surface area contributed by atoms with Crippen LogP contribution in [0.3, 0.4) is 0 Å². The molecule has 1 fully saturated rings. The van der Waals surface area contributed by atoms with Crippen LogP contribution >= 0.6 is 0 Å². The molecule has 3 atom stereocenters. The predicted octanol–water partition coefficient (Wildman–Crippen LogP) is 7.88. The maximum Gasteiger partial charge on any atom is 0.264 e. The second-order valence-corrected chi connectivity index (χ2v) is 15.7. The fourth-order valence-electron chi connectivity index (χ4n) is 9.53. The summed E-state index contributed by atoms with van der Waals surface area (Å²) in [7, 11) is 0. The topological polar surface area (TPSA) is 122 Å². The van der Waals surface area contributed by atoms with Crippen LogP contribution < -0.4 is 14.7 Å². The van der Waals surface area contributed by atoms with Gasteiger partial charge in [-0.1, -0.05) is 79.7 Å². The van der Waals surface area contributed by atoms with Crippen LogP contribution in [0.1, 0.15) is 58.0 Å². The van der Waals surface area contributed by atoms with Gasteiger partial charge in [0.2, 0.25) is 5.91 Å². The number of anilines is 5. The van der Waals surface area contributed by atoms with E-state index in [0.29, 0.717) is 40.3 Å². The lowest BCUT2D eigenvalue weighted by molar-refractivity contribution is -0.139. The molecule has 58 heavy (non-hydrogen) atoms. The van der Waals surface area contributed by atoms with E-state index in [1.807, 2.05) is 97.1 Å². The molecule has 0 bridgehead atoms. The Bertz CT molecular complexity index is 2770. The largest absolute Gasteiger partial charge is 0.394 e. The van der Waals surface area contributed by atoms with Gasteiger partial charge >= 0.3 is 0 Å². The van der Waals surface area contributed by atoms with Gasteiger partial charge in [-0.05, 0) is 83.8 Å². The maximum absolute atomic E-state index is 14.8. The molecule has 0 aromatic heterocycles. The average Bonchev–Trinajstić information content (AvgIpc) is 3.97. The maximum atomic E-state index is 14.8. The van der Waals surface area contributed by atoms with Crippen molar-refractivity contribution in [3.63, 3.8) is 0 Å². The highest BCUT2D eigenvalue weighted by Gasteiger charge is 2.53. The van der Waals surface area contributed by atoms with Crippen molar-refractivity contribution in [2.75, 3.05) is 27.9 Å². The van der Waals surface area contributed by atoms with Gasteiger partial charge in [0.1, 0.15) is 0 Å². The summed E-state index contributed by atoms with van der Waals surface area (Å²) in [5.74, 6) is -1.76. The molecule has 0 saturated carbocycles. The molecule has 10 rings (SSSR count). The van der Waals surface area contributed by atoms with Gasteiger partial charge in [-0.15, -0.1) is 0 Å². The molecule has 0 spiro atoms. The lowest BCUT2D eigenvalue weighted by atomic mass is 9.82. The summed E-state index contributed by atoms with van der Waals surface area (Å²) in [6.45, 7) is 2.35. The fourth-order valence-corrected chi connectivity index (χ4v) is 9.53. The molecule has 10 nitrogen and oxygen atoms in total. The van der Waals surface area contributed by atoms with Crippen LogP contribution in [-0.4, -0.2) is 57.9 Å². The third-order valence-corrected chi connectivity index (χ3v) is 12.4. The predicted molar refractivity (Wildman–Crippen MR) is 224 cm³/mol. The average molecular weight is 769 g/mol. The molecule has 4 aliphatic rings. The van der Waals surface area contributed by atoms with Gasteiger partial charge in [0, 0.05) is 46.6 Å². The third kappa shape index (κ3) is 5.25. The zero-order valence-corrected chi connectivity index (χ0v) is 31.8. The highest BCUT2D eigenvalue weighted by atomic mass is 16.3. The summed E-state index contributed by atoms with van der Waals surface area (Å²) in [6.07, 6.45) is 5.04. The summed E-state index contributed by atoms with van der Waals surface area (Å²) in [6, 6.07) is 35.6. The molecule has 0 radical (unpaired) electrons. The summed E-state index contributed by atoms with van der Waals surface area (Å²) in [5, 5.41) is 26.2. The Morgan fingerprint density at radius 2 is 1.38 bits per heavy atom. The number of hydrogen-bond donors (Lipinski definition) is 2. The number of nitrogens with zero attached hydrogens (tertiary/aromatic N) is 4.